The maximum absolute atomic E-state index is 12.0. The number of hydrogen-bond donors (Lipinski definition) is 1. The molecule has 0 spiro atoms. The van der Waals surface area contributed by atoms with Gasteiger partial charge in [-0.1, -0.05) is 12.1 Å². The van der Waals surface area contributed by atoms with Gasteiger partial charge >= 0.3 is 0 Å². The van der Waals surface area contributed by atoms with Gasteiger partial charge in [0.05, 0.1) is 4.92 Å². The van der Waals surface area contributed by atoms with E-state index in [1.54, 1.807) is 42.7 Å². The van der Waals surface area contributed by atoms with Crippen molar-refractivity contribution in [2.24, 2.45) is 0 Å². The fraction of sp³-hybridized carbons (Fsp3) is 0.133. The van der Waals surface area contributed by atoms with Crippen LogP contribution in [0.3, 0.4) is 0 Å². The van der Waals surface area contributed by atoms with E-state index in [0.29, 0.717) is 16.0 Å². The summed E-state index contributed by atoms with van der Waals surface area (Å²) >= 11 is 0. The van der Waals surface area contributed by atoms with Crippen LogP contribution in [0, 0.1) is 10.1 Å². The summed E-state index contributed by atoms with van der Waals surface area (Å²) in [4.78, 5) is 22.9. The number of rotatable bonds is 5. The van der Waals surface area contributed by atoms with Gasteiger partial charge < -0.3 is 5.32 Å². The number of nitrogens with zero attached hydrogens (tertiary/aromatic N) is 1. The number of non-ortho nitro benzene ring substituents is 1. The summed E-state index contributed by atoms with van der Waals surface area (Å²) in [6.45, 7) is 0.196. The van der Waals surface area contributed by atoms with Crippen LogP contribution in [-0.4, -0.2) is 21.3 Å². The Bertz CT molecular complexity index is 729. The molecule has 0 bridgehead atoms. The molecular weight excluding hydrogens is 304 g/mol. The maximum atomic E-state index is 12.0. The molecule has 0 aliphatic carbocycles. The Kier molecular flexibility index (Phi) is 5.00. The lowest BCUT2D eigenvalue weighted by molar-refractivity contribution is -0.384. The van der Waals surface area contributed by atoms with E-state index < -0.39 is 15.7 Å². The highest BCUT2D eigenvalue weighted by molar-refractivity contribution is 7.84. The Morgan fingerprint density at radius 3 is 2.50 bits per heavy atom. The maximum Gasteiger partial charge on any atom is 0.269 e. The van der Waals surface area contributed by atoms with E-state index in [9.17, 15) is 19.1 Å². The molecule has 2 rings (SSSR count). The first-order valence-corrected chi connectivity index (χ1v) is 7.98. The molecule has 2 aromatic rings. The lowest BCUT2D eigenvalue weighted by Crippen LogP contribution is -2.22. The first kappa shape index (κ1) is 15.8. The van der Waals surface area contributed by atoms with Crippen LogP contribution in [-0.2, 0) is 17.3 Å². The van der Waals surface area contributed by atoms with Gasteiger partial charge in [0, 0.05) is 46.2 Å². The third-order valence-electron chi connectivity index (χ3n) is 3.02. The topological polar surface area (TPSA) is 89.3 Å². The van der Waals surface area contributed by atoms with Gasteiger partial charge in [-0.25, -0.2) is 0 Å². The van der Waals surface area contributed by atoms with E-state index in [1.165, 1.54) is 12.1 Å². The zero-order valence-corrected chi connectivity index (χ0v) is 12.6. The number of carbonyl (C=O) groups is 1. The predicted octanol–water partition coefficient (Wildman–Crippen LogP) is 2.26. The summed E-state index contributed by atoms with van der Waals surface area (Å²) in [7, 11) is -1.09. The standard InChI is InChI=1S/C15H14N2O4S/c1-22(21)14-7-5-12(6-8-14)15(18)16-10-11-3-2-4-13(9-11)17(19)20/h2-9H,10H2,1H3,(H,16,18). The molecule has 0 aromatic heterocycles. The van der Waals surface area contributed by atoms with Crippen molar-refractivity contribution < 1.29 is 13.9 Å². The molecule has 7 heteroatoms. The van der Waals surface area contributed by atoms with E-state index >= 15 is 0 Å². The number of carbonyl (C=O) groups excluding carboxylic acids is 1. The second kappa shape index (κ2) is 6.95. The smallest absolute Gasteiger partial charge is 0.269 e. The zero-order valence-electron chi connectivity index (χ0n) is 11.8. The van der Waals surface area contributed by atoms with Crippen molar-refractivity contribution in [3.8, 4) is 0 Å². The number of benzene rings is 2. The van der Waals surface area contributed by atoms with Crippen molar-refractivity contribution in [1.29, 1.82) is 0 Å². The normalized spacial score (nSPS) is 11.7. The number of amides is 1. The minimum absolute atomic E-state index is 0.0125. The summed E-state index contributed by atoms with van der Waals surface area (Å²) in [5.74, 6) is -0.292. The average molecular weight is 318 g/mol. The lowest BCUT2D eigenvalue weighted by atomic mass is 10.2. The van der Waals surface area contributed by atoms with Gasteiger partial charge in [0.25, 0.3) is 11.6 Å². The molecule has 0 heterocycles. The Morgan fingerprint density at radius 2 is 1.91 bits per heavy atom. The number of nitro benzene ring substituents is 1. The van der Waals surface area contributed by atoms with Gasteiger partial charge in [-0.15, -0.1) is 0 Å². The number of nitro groups is 1. The highest BCUT2D eigenvalue weighted by Crippen LogP contribution is 2.13. The number of nitrogens with one attached hydrogen (secondary N) is 1. The molecule has 0 saturated heterocycles. The Hall–Kier alpha value is -2.54. The second-order valence-electron chi connectivity index (χ2n) is 4.59. The van der Waals surface area contributed by atoms with Crippen molar-refractivity contribution in [3.05, 3.63) is 69.8 Å². The molecule has 0 aliphatic heterocycles. The average Bonchev–Trinajstić information content (AvgIpc) is 2.53. The van der Waals surface area contributed by atoms with E-state index in [4.69, 9.17) is 0 Å². The molecular formula is C15H14N2O4S. The minimum atomic E-state index is -1.09. The van der Waals surface area contributed by atoms with Crippen molar-refractivity contribution in [2.45, 2.75) is 11.4 Å². The number of hydrogen-bond acceptors (Lipinski definition) is 4. The molecule has 0 saturated carbocycles. The fourth-order valence-electron chi connectivity index (χ4n) is 1.86. The van der Waals surface area contributed by atoms with Crippen LogP contribution in [0.2, 0.25) is 0 Å². The SMILES string of the molecule is CS(=O)c1ccc(C(=O)NCc2cccc([N+](=O)[O-])c2)cc1. The van der Waals surface area contributed by atoms with Crippen LogP contribution in [0.25, 0.3) is 0 Å². The lowest BCUT2D eigenvalue weighted by Gasteiger charge is -2.06. The van der Waals surface area contributed by atoms with Crippen LogP contribution in [0.15, 0.2) is 53.4 Å². The van der Waals surface area contributed by atoms with Crippen LogP contribution < -0.4 is 5.32 Å². The fourth-order valence-corrected chi connectivity index (χ4v) is 2.38. The Labute approximate surface area is 129 Å². The van der Waals surface area contributed by atoms with Crippen molar-refractivity contribution in [3.63, 3.8) is 0 Å². The summed E-state index contributed by atoms with van der Waals surface area (Å²) in [5.41, 5.74) is 1.08. The van der Waals surface area contributed by atoms with Crippen LogP contribution in [0.4, 0.5) is 5.69 Å². The molecule has 0 aliphatic rings. The summed E-state index contributed by atoms with van der Waals surface area (Å²) < 4.78 is 11.3. The molecule has 2 aromatic carbocycles. The quantitative estimate of drug-likeness (QED) is 0.676. The minimum Gasteiger partial charge on any atom is -0.348 e. The second-order valence-corrected chi connectivity index (χ2v) is 5.97. The monoisotopic (exact) mass is 318 g/mol. The van der Waals surface area contributed by atoms with E-state index in [2.05, 4.69) is 5.32 Å². The summed E-state index contributed by atoms with van der Waals surface area (Å²) in [5, 5.41) is 13.4. The molecule has 22 heavy (non-hydrogen) atoms. The molecule has 6 nitrogen and oxygen atoms in total. The van der Waals surface area contributed by atoms with E-state index in [1.807, 2.05) is 0 Å². The van der Waals surface area contributed by atoms with Crippen LogP contribution >= 0.6 is 0 Å². The third kappa shape index (κ3) is 3.98. The molecule has 1 N–H and O–H groups in total. The highest BCUT2D eigenvalue weighted by Gasteiger charge is 2.08. The van der Waals surface area contributed by atoms with Crippen molar-refractivity contribution in [1.82, 2.24) is 5.32 Å². The van der Waals surface area contributed by atoms with Crippen molar-refractivity contribution in [2.75, 3.05) is 6.26 Å². The zero-order chi connectivity index (χ0) is 16.1. The van der Waals surface area contributed by atoms with Gasteiger partial charge in [-0.3, -0.25) is 19.1 Å². The van der Waals surface area contributed by atoms with Gasteiger partial charge in [0.1, 0.15) is 0 Å². The van der Waals surface area contributed by atoms with Gasteiger partial charge in [-0.05, 0) is 29.8 Å². The first-order valence-electron chi connectivity index (χ1n) is 6.42. The first-order chi connectivity index (χ1) is 10.5. The molecule has 1 unspecified atom stereocenters. The van der Waals surface area contributed by atoms with Crippen LogP contribution in [0.1, 0.15) is 15.9 Å². The van der Waals surface area contributed by atoms with E-state index in [0.717, 1.165) is 0 Å². The molecule has 114 valence electrons. The molecule has 1 atom stereocenters. The van der Waals surface area contributed by atoms with Crippen LogP contribution in [0.5, 0.6) is 0 Å². The third-order valence-corrected chi connectivity index (χ3v) is 3.96. The summed E-state index contributed by atoms with van der Waals surface area (Å²) in [6.07, 6.45) is 1.57. The highest BCUT2D eigenvalue weighted by atomic mass is 32.2. The largest absolute Gasteiger partial charge is 0.348 e. The van der Waals surface area contributed by atoms with E-state index in [-0.39, 0.29) is 18.1 Å². The molecule has 1 amide bonds. The van der Waals surface area contributed by atoms with Gasteiger partial charge in [0.15, 0.2) is 0 Å². The van der Waals surface area contributed by atoms with Crippen molar-refractivity contribution >= 4 is 22.4 Å². The predicted molar refractivity (Wildman–Crippen MR) is 83.0 cm³/mol. The van der Waals surface area contributed by atoms with Gasteiger partial charge in [0.2, 0.25) is 0 Å². The molecule has 0 fully saturated rings. The Morgan fingerprint density at radius 1 is 1.23 bits per heavy atom. The Balaban J connectivity index is 2.02. The summed E-state index contributed by atoms with van der Waals surface area (Å²) in [6, 6.07) is 12.6. The van der Waals surface area contributed by atoms with Gasteiger partial charge in [-0.2, -0.15) is 0 Å². The molecule has 0 radical (unpaired) electrons.